The summed E-state index contributed by atoms with van der Waals surface area (Å²) in [6.45, 7) is 0. The highest BCUT2D eigenvalue weighted by atomic mass is 19.1. The second kappa shape index (κ2) is 4.78. The zero-order valence-corrected chi connectivity index (χ0v) is 9.31. The Morgan fingerprint density at radius 1 is 1.06 bits per heavy atom. The van der Waals surface area contributed by atoms with Crippen LogP contribution in [0.3, 0.4) is 0 Å². The van der Waals surface area contributed by atoms with Gasteiger partial charge >= 0.3 is 5.97 Å². The van der Waals surface area contributed by atoms with Gasteiger partial charge in [-0.2, -0.15) is 0 Å². The molecule has 0 saturated carbocycles. The summed E-state index contributed by atoms with van der Waals surface area (Å²) in [6, 6.07) is 13.2. The quantitative estimate of drug-likeness (QED) is 0.740. The minimum Gasteiger partial charge on any atom is -0.465 e. The van der Waals surface area contributed by atoms with Gasteiger partial charge in [-0.3, -0.25) is 0 Å². The number of carbonyl (C=O) groups is 1. The van der Waals surface area contributed by atoms with Crippen molar-refractivity contribution in [1.82, 2.24) is 0 Å². The summed E-state index contributed by atoms with van der Waals surface area (Å²) in [5.74, 6) is -0.660. The van der Waals surface area contributed by atoms with E-state index in [9.17, 15) is 9.18 Å². The van der Waals surface area contributed by atoms with Crippen LogP contribution in [0, 0.1) is 5.82 Å². The van der Waals surface area contributed by atoms with E-state index in [1.54, 1.807) is 30.3 Å². The van der Waals surface area contributed by atoms with Gasteiger partial charge < -0.3 is 4.74 Å². The lowest BCUT2D eigenvalue weighted by Crippen LogP contribution is -2.00. The van der Waals surface area contributed by atoms with Crippen LogP contribution in [0.1, 0.15) is 10.4 Å². The van der Waals surface area contributed by atoms with Gasteiger partial charge in [0.15, 0.2) is 0 Å². The molecule has 0 fully saturated rings. The van der Waals surface area contributed by atoms with Crippen molar-refractivity contribution in [2.45, 2.75) is 0 Å². The van der Waals surface area contributed by atoms with Crippen molar-refractivity contribution in [3.8, 4) is 11.1 Å². The average molecular weight is 230 g/mol. The van der Waals surface area contributed by atoms with Gasteiger partial charge in [0.1, 0.15) is 5.82 Å². The summed E-state index contributed by atoms with van der Waals surface area (Å²) in [5.41, 5.74) is 2.19. The lowest BCUT2D eigenvalue weighted by molar-refractivity contribution is 0.0601. The third-order valence-corrected chi connectivity index (χ3v) is 2.46. The van der Waals surface area contributed by atoms with E-state index in [2.05, 4.69) is 4.74 Å². The molecule has 0 atom stereocenters. The molecule has 17 heavy (non-hydrogen) atoms. The predicted molar refractivity (Wildman–Crippen MR) is 63.2 cm³/mol. The van der Waals surface area contributed by atoms with Crippen molar-refractivity contribution in [1.29, 1.82) is 0 Å². The first-order chi connectivity index (χ1) is 8.20. The maximum atomic E-state index is 12.8. The van der Waals surface area contributed by atoms with Crippen LogP contribution >= 0.6 is 0 Å². The van der Waals surface area contributed by atoms with Crippen LogP contribution in [0.2, 0.25) is 0 Å². The molecule has 0 amide bonds. The fraction of sp³-hybridized carbons (Fsp3) is 0.0714. The van der Waals surface area contributed by atoms with Crippen molar-refractivity contribution >= 4 is 5.97 Å². The van der Waals surface area contributed by atoms with E-state index in [1.165, 1.54) is 19.2 Å². The molecule has 2 nitrogen and oxygen atoms in total. The van der Waals surface area contributed by atoms with Crippen molar-refractivity contribution in [2.75, 3.05) is 7.11 Å². The van der Waals surface area contributed by atoms with Gasteiger partial charge in [0.2, 0.25) is 0 Å². The minimum atomic E-state index is -0.381. The SMILES string of the molecule is COC(=O)c1cccc(-c2ccc(F)cc2)c1. The van der Waals surface area contributed by atoms with Crippen LogP contribution in [-0.4, -0.2) is 13.1 Å². The third-order valence-electron chi connectivity index (χ3n) is 2.46. The number of rotatable bonds is 2. The molecule has 2 aromatic rings. The highest BCUT2D eigenvalue weighted by Gasteiger charge is 2.06. The summed E-state index contributed by atoms with van der Waals surface area (Å²) in [6.07, 6.45) is 0. The molecule has 0 spiro atoms. The van der Waals surface area contributed by atoms with Crippen LogP contribution in [0.15, 0.2) is 48.5 Å². The number of carbonyl (C=O) groups excluding carboxylic acids is 1. The molecule has 0 aliphatic carbocycles. The topological polar surface area (TPSA) is 26.3 Å². The summed E-state index contributed by atoms with van der Waals surface area (Å²) in [4.78, 5) is 11.4. The van der Waals surface area contributed by atoms with Crippen LogP contribution in [0.5, 0.6) is 0 Å². The van der Waals surface area contributed by atoms with Crippen LogP contribution in [0.4, 0.5) is 4.39 Å². The van der Waals surface area contributed by atoms with E-state index in [1.807, 2.05) is 6.07 Å². The molecular weight excluding hydrogens is 219 g/mol. The van der Waals surface area contributed by atoms with E-state index in [0.29, 0.717) is 5.56 Å². The molecule has 86 valence electrons. The smallest absolute Gasteiger partial charge is 0.337 e. The van der Waals surface area contributed by atoms with E-state index in [0.717, 1.165) is 11.1 Å². The standard InChI is InChI=1S/C14H11FO2/c1-17-14(16)12-4-2-3-11(9-12)10-5-7-13(15)8-6-10/h2-9H,1H3. The Balaban J connectivity index is 2.39. The molecule has 0 unspecified atom stereocenters. The molecular formula is C14H11FO2. The van der Waals surface area contributed by atoms with Crippen LogP contribution in [0.25, 0.3) is 11.1 Å². The van der Waals surface area contributed by atoms with Crippen molar-refractivity contribution in [3.05, 3.63) is 59.9 Å². The second-order valence-electron chi connectivity index (χ2n) is 3.58. The molecule has 0 aromatic heterocycles. The molecule has 0 aliphatic heterocycles. The van der Waals surface area contributed by atoms with Gasteiger partial charge in [-0.05, 0) is 35.4 Å². The fourth-order valence-electron chi connectivity index (χ4n) is 1.59. The second-order valence-corrected chi connectivity index (χ2v) is 3.58. The minimum absolute atomic E-state index is 0.280. The Kier molecular flexibility index (Phi) is 3.19. The normalized spacial score (nSPS) is 10.0. The first-order valence-corrected chi connectivity index (χ1v) is 5.15. The molecule has 0 saturated heterocycles. The number of esters is 1. The summed E-state index contributed by atoms with van der Waals surface area (Å²) < 4.78 is 17.4. The highest BCUT2D eigenvalue weighted by molar-refractivity contribution is 5.90. The van der Waals surface area contributed by atoms with E-state index in [4.69, 9.17) is 0 Å². The van der Waals surface area contributed by atoms with E-state index >= 15 is 0 Å². The summed E-state index contributed by atoms with van der Waals surface area (Å²) >= 11 is 0. The van der Waals surface area contributed by atoms with Gasteiger partial charge in [-0.1, -0.05) is 24.3 Å². The molecule has 2 aromatic carbocycles. The maximum Gasteiger partial charge on any atom is 0.337 e. The molecule has 0 radical (unpaired) electrons. The number of hydrogen-bond acceptors (Lipinski definition) is 2. The van der Waals surface area contributed by atoms with E-state index in [-0.39, 0.29) is 11.8 Å². The molecule has 0 aliphatic rings. The Hall–Kier alpha value is -2.16. The summed E-state index contributed by atoms with van der Waals surface area (Å²) in [5, 5.41) is 0. The van der Waals surface area contributed by atoms with Gasteiger partial charge in [0.25, 0.3) is 0 Å². The number of hydrogen-bond donors (Lipinski definition) is 0. The van der Waals surface area contributed by atoms with Gasteiger partial charge in [0.05, 0.1) is 12.7 Å². The lowest BCUT2D eigenvalue weighted by atomic mass is 10.0. The van der Waals surface area contributed by atoms with Crippen molar-refractivity contribution < 1.29 is 13.9 Å². The Bertz CT molecular complexity index is 532. The third kappa shape index (κ3) is 2.50. The first-order valence-electron chi connectivity index (χ1n) is 5.15. The number of methoxy groups -OCH3 is 1. The number of benzene rings is 2. The predicted octanol–water partition coefficient (Wildman–Crippen LogP) is 3.28. The Morgan fingerprint density at radius 3 is 2.41 bits per heavy atom. The van der Waals surface area contributed by atoms with Gasteiger partial charge in [-0.15, -0.1) is 0 Å². The molecule has 0 bridgehead atoms. The van der Waals surface area contributed by atoms with Crippen LogP contribution < -0.4 is 0 Å². The zero-order chi connectivity index (χ0) is 12.3. The highest BCUT2D eigenvalue weighted by Crippen LogP contribution is 2.21. The fourth-order valence-corrected chi connectivity index (χ4v) is 1.59. The monoisotopic (exact) mass is 230 g/mol. The average Bonchev–Trinajstić information content (AvgIpc) is 2.39. The Morgan fingerprint density at radius 2 is 1.76 bits per heavy atom. The number of ether oxygens (including phenoxy) is 1. The van der Waals surface area contributed by atoms with E-state index < -0.39 is 0 Å². The first kappa shape index (κ1) is 11.3. The Labute approximate surface area is 98.7 Å². The van der Waals surface area contributed by atoms with Crippen LogP contribution in [-0.2, 0) is 4.74 Å². The largest absolute Gasteiger partial charge is 0.465 e. The zero-order valence-electron chi connectivity index (χ0n) is 9.31. The number of halogens is 1. The molecule has 0 heterocycles. The van der Waals surface area contributed by atoms with Crippen molar-refractivity contribution in [2.24, 2.45) is 0 Å². The summed E-state index contributed by atoms with van der Waals surface area (Å²) in [7, 11) is 1.34. The maximum absolute atomic E-state index is 12.8. The molecule has 2 rings (SSSR count). The molecule has 0 N–H and O–H groups in total. The molecule has 3 heteroatoms. The van der Waals surface area contributed by atoms with Gasteiger partial charge in [-0.25, -0.2) is 9.18 Å². The lowest BCUT2D eigenvalue weighted by Gasteiger charge is -2.04. The van der Waals surface area contributed by atoms with Crippen molar-refractivity contribution in [3.63, 3.8) is 0 Å². The van der Waals surface area contributed by atoms with Gasteiger partial charge in [0, 0.05) is 0 Å².